The standard InChI is InChI=1S/C15H23NO3/c1-10(2)8-11(3)16-15(17)12-6-7-13(18-4)14(9-12)19-5/h6-7,9-11H,8H2,1-5H3,(H,16,17). The van der Waals surface area contributed by atoms with E-state index in [1.807, 2.05) is 6.92 Å². The van der Waals surface area contributed by atoms with Crippen molar-refractivity contribution in [2.45, 2.75) is 33.2 Å². The Labute approximate surface area is 115 Å². The second-order valence-corrected chi connectivity index (χ2v) is 5.07. The van der Waals surface area contributed by atoms with Gasteiger partial charge in [0.15, 0.2) is 11.5 Å². The van der Waals surface area contributed by atoms with Crippen molar-refractivity contribution in [1.82, 2.24) is 5.32 Å². The summed E-state index contributed by atoms with van der Waals surface area (Å²) >= 11 is 0. The number of benzene rings is 1. The SMILES string of the molecule is COc1ccc(C(=O)NC(C)CC(C)C)cc1OC. The van der Waals surface area contributed by atoms with Gasteiger partial charge in [-0.05, 0) is 37.5 Å². The first-order valence-corrected chi connectivity index (χ1v) is 6.50. The average molecular weight is 265 g/mol. The third kappa shape index (κ3) is 4.47. The first-order valence-electron chi connectivity index (χ1n) is 6.50. The largest absolute Gasteiger partial charge is 0.493 e. The van der Waals surface area contributed by atoms with Gasteiger partial charge in [-0.15, -0.1) is 0 Å². The minimum absolute atomic E-state index is 0.0888. The van der Waals surface area contributed by atoms with Crippen LogP contribution >= 0.6 is 0 Å². The molecule has 0 radical (unpaired) electrons. The fourth-order valence-electron chi connectivity index (χ4n) is 2.05. The van der Waals surface area contributed by atoms with E-state index in [2.05, 4.69) is 19.2 Å². The Morgan fingerprint density at radius 3 is 2.32 bits per heavy atom. The number of rotatable bonds is 6. The Kier molecular flexibility index (Phi) is 5.67. The van der Waals surface area contributed by atoms with Gasteiger partial charge < -0.3 is 14.8 Å². The summed E-state index contributed by atoms with van der Waals surface area (Å²) in [4.78, 5) is 12.1. The van der Waals surface area contributed by atoms with E-state index >= 15 is 0 Å². The molecule has 1 unspecified atom stereocenters. The Bertz CT molecular complexity index is 429. The van der Waals surface area contributed by atoms with E-state index in [1.54, 1.807) is 32.4 Å². The molecule has 4 nitrogen and oxygen atoms in total. The van der Waals surface area contributed by atoms with Gasteiger partial charge in [0.25, 0.3) is 5.91 Å². The molecular formula is C15H23NO3. The molecule has 106 valence electrons. The van der Waals surface area contributed by atoms with Crippen LogP contribution in [0.5, 0.6) is 11.5 Å². The number of hydrogen-bond donors (Lipinski definition) is 1. The zero-order valence-electron chi connectivity index (χ0n) is 12.3. The Balaban J connectivity index is 2.77. The van der Waals surface area contributed by atoms with Crippen LogP contribution < -0.4 is 14.8 Å². The molecule has 0 fully saturated rings. The lowest BCUT2D eigenvalue weighted by atomic mass is 10.0. The van der Waals surface area contributed by atoms with Crippen LogP contribution in [0.4, 0.5) is 0 Å². The molecule has 0 spiro atoms. The molecule has 1 rings (SSSR count). The highest BCUT2D eigenvalue weighted by Gasteiger charge is 2.13. The van der Waals surface area contributed by atoms with Crippen LogP contribution in [0.15, 0.2) is 18.2 Å². The van der Waals surface area contributed by atoms with Crippen molar-refractivity contribution in [1.29, 1.82) is 0 Å². The van der Waals surface area contributed by atoms with Crippen LogP contribution in [0.2, 0.25) is 0 Å². The summed E-state index contributed by atoms with van der Waals surface area (Å²) in [6.45, 7) is 6.29. The molecule has 4 heteroatoms. The molecule has 19 heavy (non-hydrogen) atoms. The van der Waals surface area contributed by atoms with Crippen molar-refractivity contribution in [3.63, 3.8) is 0 Å². The molecule has 0 aromatic heterocycles. The molecule has 1 amide bonds. The van der Waals surface area contributed by atoms with Crippen LogP contribution in [-0.2, 0) is 0 Å². The van der Waals surface area contributed by atoms with E-state index in [-0.39, 0.29) is 11.9 Å². The Hall–Kier alpha value is -1.71. The van der Waals surface area contributed by atoms with E-state index < -0.39 is 0 Å². The molecule has 0 aliphatic carbocycles. The van der Waals surface area contributed by atoms with Crippen molar-refractivity contribution >= 4 is 5.91 Å². The topological polar surface area (TPSA) is 47.6 Å². The number of hydrogen-bond acceptors (Lipinski definition) is 3. The number of carbonyl (C=O) groups excluding carboxylic acids is 1. The normalized spacial score (nSPS) is 12.1. The summed E-state index contributed by atoms with van der Waals surface area (Å²) in [7, 11) is 3.13. The van der Waals surface area contributed by atoms with Crippen LogP contribution in [0, 0.1) is 5.92 Å². The zero-order valence-corrected chi connectivity index (χ0v) is 12.3. The summed E-state index contributed by atoms with van der Waals surface area (Å²) in [5, 5.41) is 2.98. The fraction of sp³-hybridized carbons (Fsp3) is 0.533. The highest BCUT2D eigenvalue weighted by atomic mass is 16.5. The summed E-state index contributed by atoms with van der Waals surface area (Å²) < 4.78 is 10.3. The van der Waals surface area contributed by atoms with Crippen molar-refractivity contribution in [2.24, 2.45) is 5.92 Å². The molecule has 1 atom stereocenters. The molecule has 0 saturated heterocycles. The quantitative estimate of drug-likeness (QED) is 0.860. The van der Waals surface area contributed by atoms with Gasteiger partial charge in [0.1, 0.15) is 0 Å². The van der Waals surface area contributed by atoms with Gasteiger partial charge in [0.2, 0.25) is 0 Å². The maximum atomic E-state index is 12.1. The monoisotopic (exact) mass is 265 g/mol. The van der Waals surface area contributed by atoms with Crippen molar-refractivity contribution in [3.8, 4) is 11.5 Å². The molecular weight excluding hydrogens is 242 g/mol. The van der Waals surface area contributed by atoms with E-state index in [4.69, 9.17) is 9.47 Å². The third-order valence-corrected chi connectivity index (χ3v) is 2.85. The van der Waals surface area contributed by atoms with Crippen LogP contribution in [0.3, 0.4) is 0 Å². The van der Waals surface area contributed by atoms with E-state index in [0.29, 0.717) is 23.0 Å². The molecule has 0 aliphatic rings. The molecule has 1 aromatic rings. The molecule has 0 bridgehead atoms. The summed E-state index contributed by atoms with van der Waals surface area (Å²) in [6.07, 6.45) is 0.957. The molecule has 1 N–H and O–H groups in total. The number of carbonyl (C=O) groups is 1. The van der Waals surface area contributed by atoms with Crippen molar-refractivity contribution < 1.29 is 14.3 Å². The van der Waals surface area contributed by atoms with Crippen LogP contribution in [0.25, 0.3) is 0 Å². The molecule has 0 saturated carbocycles. The molecule has 1 aromatic carbocycles. The van der Waals surface area contributed by atoms with Crippen molar-refractivity contribution in [3.05, 3.63) is 23.8 Å². The predicted octanol–water partition coefficient (Wildman–Crippen LogP) is 2.87. The second kappa shape index (κ2) is 7.02. The first kappa shape index (κ1) is 15.3. The van der Waals surface area contributed by atoms with Gasteiger partial charge in [-0.3, -0.25) is 4.79 Å². The van der Waals surface area contributed by atoms with Crippen molar-refractivity contribution in [2.75, 3.05) is 14.2 Å². The van der Waals surface area contributed by atoms with Gasteiger partial charge in [0, 0.05) is 11.6 Å². The number of nitrogens with one attached hydrogen (secondary N) is 1. The van der Waals surface area contributed by atoms with Gasteiger partial charge in [-0.25, -0.2) is 0 Å². The Morgan fingerprint density at radius 1 is 1.16 bits per heavy atom. The fourth-order valence-corrected chi connectivity index (χ4v) is 2.05. The molecule has 0 heterocycles. The molecule has 0 aliphatic heterocycles. The smallest absolute Gasteiger partial charge is 0.251 e. The van der Waals surface area contributed by atoms with Gasteiger partial charge in [-0.2, -0.15) is 0 Å². The van der Waals surface area contributed by atoms with E-state index in [0.717, 1.165) is 6.42 Å². The Morgan fingerprint density at radius 2 is 1.79 bits per heavy atom. The zero-order chi connectivity index (χ0) is 14.4. The average Bonchev–Trinajstić information content (AvgIpc) is 2.36. The van der Waals surface area contributed by atoms with Crippen LogP contribution in [-0.4, -0.2) is 26.2 Å². The predicted molar refractivity (Wildman–Crippen MR) is 75.9 cm³/mol. The van der Waals surface area contributed by atoms with Gasteiger partial charge in [-0.1, -0.05) is 13.8 Å². The lowest BCUT2D eigenvalue weighted by Crippen LogP contribution is -2.33. The van der Waals surface area contributed by atoms with E-state index in [9.17, 15) is 4.79 Å². The maximum absolute atomic E-state index is 12.1. The highest BCUT2D eigenvalue weighted by Crippen LogP contribution is 2.27. The number of amides is 1. The maximum Gasteiger partial charge on any atom is 0.251 e. The lowest BCUT2D eigenvalue weighted by molar-refractivity contribution is 0.0935. The highest BCUT2D eigenvalue weighted by molar-refractivity contribution is 5.95. The van der Waals surface area contributed by atoms with Crippen LogP contribution in [0.1, 0.15) is 37.6 Å². The number of ether oxygens (including phenoxy) is 2. The second-order valence-electron chi connectivity index (χ2n) is 5.07. The minimum Gasteiger partial charge on any atom is -0.493 e. The summed E-state index contributed by atoms with van der Waals surface area (Å²) in [6, 6.07) is 5.32. The first-order chi connectivity index (χ1) is 8.97. The lowest BCUT2D eigenvalue weighted by Gasteiger charge is -2.16. The summed E-state index contributed by atoms with van der Waals surface area (Å²) in [5.41, 5.74) is 0.577. The van der Waals surface area contributed by atoms with Gasteiger partial charge >= 0.3 is 0 Å². The van der Waals surface area contributed by atoms with E-state index in [1.165, 1.54) is 0 Å². The third-order valence-electron chi connectivity index (χ3n) is 2.85. The number of methoxy groups -OCH3 is 2. The summed E-state index contributed by atoms with van der Waals surface area (Å²) in [5.74, 6) is 1.65. The van der Waals surface area contributed by atoms with Gasteiger partial charge in [0.05, 0.1) is 14.2 Å². The minimum atomic E-state index is -0.0888.